The predicted octanol–water partition coefficient (Wildman–Crippen LogP) is 5.17. The Balaban J connectivity index is 0.000000738. The van der Waals surface area contributed by atoms with Gasteiger partial charge in [-0.1, -0.05) is 138 Å². The molecular formula is C41H44Cl2OZr. The second-order valence-electron chi connectivity index (χ2n) is 12.8. The molecule has 0 heterocycles. The van der Waals surface area contributed by atoms with Crippen molar-refractivity contribution in [2.45, 2.75) is 58.8 Å². The first kappa shape index (κ1) is 40.3. The van der Waals surface area contributed by atoms with Crippen LogP contribution in [0.3, 0.4) is 0 Å². The van der Waals surface area contributed by atoms with Gasteiger partial charge < -0.3 is 29.6 Å². The zero-order chi connectivity index (χ0) is 30.3. The second-order valence-corrected chi connectivity index (χ2v) is 12.8. The molecule has 5 aromatic rings. The van der Waals surface area contributed by atoms with E-state index < -0.39 is 0 Å². The van der Waals surface area contributed by atoms with Crippen molar-refractivity contribution >= 4 is 0 Å². The molecular weight excluding hydrogens is 671 g/mol. The van der Waals surface area contributed by atoms with E-state index in [1.165, 1.54) is 61.9 Å². The van der Waals surface area contributed by atoms with Gasteiger partial charge in [-0.2, -0.15) is 18.2 Å². The third-order valence-electron chi connectivity index (χ3n) is 7.55. The first-order valence-electron chi connectivity index (χ1n) is 14.7. The van der Waals surface area contributed by atoms with E-state index in [0.29, 0.717) is 0 Å². The van der Waals surface area contributed by atoms with Gasteiger partial charge in [-0.15, -0.1) is 28.8 Å². The molecule has 0 unspecified atom stereocenters. The minimum absolute atomic E-state index is 0. The molecule has 232 valence electrons. The summed E-state index contributed by atoms with van der Waals surface area (Å²) in [6.45, 7) is 17.2. The predicted molar refractivity (Wildman–Crippen MR) is 181 cm³/mol. The van der Waals surface area contributed by atoms with E-state index in [1.807, 2.05) is 30.3 Å². The smallest absolute Gasteiger partial charge is 1.00 e. The Morgan fingerprint density at radius 1 is 0.689 bits per heavy atom. The summed E-state index contributed by atoms with van der Waals surface area (Å²) in [5.41, 5.74) is 13.5. The van der Waals surface area contributed by atoms with Crippen molar-refractivity contribution in [3.8, 4) is 33.4 Å². The van der Waals surface area contributed by atoms with Gasteiger partial charge in [0.05, 0.1) is 13.4 Å². The molecule has 0 aliphatic heterocycles. The maximum atomic E-state index is 4.31. The van der Waals surface area contributed by atoms with Crippen molar-refractivity contribution < 1.29 is 55.8 Å². The molecule has 0 amide bonds. The molecule has 0 spiro atoms. The van der Waals surface area contributed by atoms with Crippen molar-refractivity contribution in [3.63, 3.8) is 0 Å². The number of ether oxygens (including phenoxy) is 1. The summed E-state index contributed by atoms with van der Waals surface area (Å²) in [5.74, 6) is 0. The Morgan fingerprint density at radius 2 is 1.18 bits per heavy atom. The van der Waals surface area contributed by atoms with Crippen LogP contribution in [0.15, 0.2) is 122 Å². The van der Waals surface area contributed by atoms with Crippen LogP contribution in [0.4, 0.5) is 0 Å². The molecule has 5 aromatic carbocycles. The van der Waals surface area contributed by atoms with Gasteiger partial charge in [0.2, 0.25) is 0 Å². The third kappa shape index (κ3) is 10.1. The molecule has 0 fully saturated rings. The second kappa shape index (κ2) is 17.8. The molecule has 0 saturated carbocycles. The Morgan fingerprint density at radius 3 is 1.62 bits per heavy atom. The Bertz CT molecular complexity index is 1470. The van der Waals surface area contributed by atoms with Crippen LogP contribution >= 0.6 is 0 Å². The summed E-state index contributed by atoms with van der Waals surface area (Å²) in [7, 11) is 1.56. The topological polar surface area (TPSA) is 9.23 Å². The minimum atomic E-state index is 0. The van der Waals surface area contributed by atoms with Crippen LogP contribution in [0.1, 0.15) is 63.8 Å². The van der Waals surface area contributed by atoms with Gasteiger partial charge in [0.15, 0.2) is 0 Å². The number of fused-ring (bicyclic) bond motifs is 3. The van der Waals surface area contributed by atoms with Crippen molar-refractivity contribution in [2.75, 3.05) is 7.11 Å². The van der Waals surface area contributed by atoms with Crippen molar-refractivity contribution in [1.82, 2.24) is 0 Å². The van der Waals surface area contributed by atoms with Gasteiger partial charge >= 0.3 is 26.2 Å². The van der Waals surface area contributed by atoms with Crippen LogP contribution in [-0.2, 0) is 48.2 Å². The zero-order valence-corrected chi connectivity index (χ0v) is 31.5. The maximum absolute atomic E-state index is 4.31. The summed E-state index contributed by atoms with van der Waals surface area (Å²) in [4.78, 5) is 0. The summed E-state index contributed by atoms with van der Waals surface area (Å²) < 4.78 is 4.31. The number of methoxy groups -OCH3 is 1. The Labute approximate surface area is 303 Å². The number of hydrogen-bond acceptors (Lipinski definition) is 1. The fraction of sp³-hybridized carbons (Fsp3) is 0.244. The molecule has 45 heavy (non-hydrogen) atoms. The SMILES string of the molecule is C=COC.CC(C)(C)c1cc2c([c-]c1-c1ccccc1)Cc1cc(-c3ccccc3)c(C(C)(C)C)cc1-2.[Cl-].[Cl-].[Zr+4].c1cc[cH-]c1. The molecule has 0 N–H and O–H groups in total. The van der Waals surface area contributed by atoms with Crippen LogP contribution in [0, 0.1) is 6.07 Å². The van der Waals surface area contributed by atoms with Gasteiger partial charge in [-0.05, 0) is 39.5 Å². The van der Waals surface area contributed by atoms with E-state index in [-0.39, 0.29) is 61.8 Å². The van der Waals surface area contributed by atoms with E-state index in [4.69, 9.17) is 0 Å². The molecule has 1 aliphatic carbocycles. The molecule has 0 aromatic heterocycles. The van der Waals surface area contributed by atoms with Gasteiger partial charge in [0, 0.05) is 0 Å². The first-order valence-corrected chi connectivity index (χ1v) is 14.7. The van der Waals surface area contributed by atoms with E-state index >= 15 is 0 Å². The Kier molecular flexibility index (Phi) is 15.9. The van der Waals surface area contributed by atoms with Crippen LogP contribution in [0.2, 0.25) is 0 Å². The molecule has 0 atom stereocenters. The van der Waals surface area contributed by atoms with Gasteiger partial charge in [0.25, 0.3) is 0 Å². The molecule has 1 nitrogen and oxygen atoms in total. The maximum Gasteiger partial charge on any atom is 4.00 e. The van der Waals surface area contributed by atoms with Crippen LogP contribution in [-0.4, -0.2) is 7.11 Å². The first-order chi connectivity index (χ1) is 20.0. The van der Waals surface area contributed by atoms with Crippen LogP contribution < -0.4 is 24.8 Å². The third-order valence-corrected chi connectivity index (χ3v) is 7.55. The van der Waals surface area contributed by atoms with Crippen molar-refractivity contribution in [3.05, 3.63) is 150 Å². The fourth-order valence-corrected chi connectivity index (χ4v) is 5.42. The van der Waals surface area contributed by atoms with Gasteiger partial charge in [-0.3, -0.25) is 0 Å². The van der Waals surface area contributed by atoms with Gasteiger partial charge in [0.1, 0.15) is 0 Å². The van der Waals surface area contributed by atoms with Crippen molar-refractivity contribution in [1.29, 1.82) is 0 Å². The average molecular weight is 715 g/mol. The quantitative estimate of drug-likeness (QED) is 0.182. The fourth-order valence-electron chi connectivity index (χ4n) is 5.42. The number of halogens is 2. The average Bonchev–Trinajstić information content (AvgIpc) is 3.67. The molecule has 1 aliphatic rings. The number of benzene rings is 4. The number of hydrogen-bond donors (Lipinski definition) is 0. The van der Waals surface area contributed by atoms with E-state index in [0.717, 1.165) is 6.42 Å². The summed E-state index contributed by atoms with van der Waals surface area (Å²) in [6.07, 6.45) is 2.32. The largest absolute Gasteiger partial charge is 4.00 e. The monoisotopic (exact) mass is 712 g/mol. The van der Waals surface area contributed by atoms with E-state index in [2.05, 4.69) is 138 Å². The summed E-state index contributed by atoms with van der Waals surface area (Å²) in [6, 6.07) is 42.8. The van der Waals surface area contributed by atoms with E-state index in [9.17, 15) is 0 Å². The molecule has 0 saturated heterocycles. The molecule has 4 heteroatoms. The Hall–Kier alpha value is -2.77. The molecule has 6 rings (SSSR count). The van der Waals surface area contributed by atoms with Crippen molar-refractivity contribution in [2.24, 2.45) is 0 Å². The molecule has 0 radical (unpaired) electrons. The number of rotatable bonds is 3. The summed E-state index contributed by atoms with van der Waals surface area (Å²) >= 11 is 0. The van der Waals surface area contributed by atoms with Gasteiger partial charge in [-0.25, -0.2) is 12.1 Å². The minimum Gasteiger partial charge on any atom is -1.00 e. The van der Waals surface area contributed by atoms with Crippen LogP contribution in [0.5, 0.6) is 0 Å². The van der Waals surface area contributed by atoms with Crippen LogP contribution in [0.25, 0.3) is 33.4 Å². The standard InChI is InChI=1S/C33H33.C5H5.C3H6O.2ClH.Zr/c1-32(2,3)30-20-26-24(18-28(30)22-13-9-7-10-14-22)17-25-19-29(23-15-11-8-12-16-23)31(21-27(25)26)33(4,5)6;1-2-4-5-3-1;1-3-4-2;;;/h7-16,18,20-21H,17H2,1-6H3;1-5H;3H,1H2,2H3;2*1H;/q2*-1;;;;+4/p-2. The van der Waals surface area contributed by atoms with E-state index in [1.54, 1.807) is 7.11 Å². The summed E-state index contributed by atoms with van der Waals surface area (Å²) in [5, 5.41) is 0. The normalized spacial score (nSPS) is 10.9. The zero-order valence-electron chi connectivity index (χ0n) is 27.5. The molecule has 0 bridgehead atoms.